The normalized spacial score (nSPS) is 16.0. The van der Waals surface area contributed by atoms with Gasteiger partial charge in [0, 0.05) is 33.3 Å². The van der Waals surface area contributed by atoms with E-state index in [0.29, 0.717) is 0 Å². The SMILES string of the molecule is CC1(C)c2cc3ccccc3cc2-c2cc3ccc(N(c4ccccc4)c4ccc5c(c4)C(C)(C)c4c-5ccc5c4C(C)(C)c4ccccc4-5)cc3cc21. The molecule has 8 aromatic carbocycles. The lowest BCUT2D eigenvalue weighted by atomic mass is 9.72. The van der Waals surface area contributed by atoms with E-state index in [-0.39, 0.29) is 16.2 Å². The van der Waals surface area contributed by atoms with Gasteiger partial charge in [-0.1, -0.05) is 133 Å². The Hall–Kier alpha value is -5.92. The summed E-state index contributed by atoms with van der Waals surface area (Å²) in [6, 6.07) is 57.3. The first-order chi connectivity index (χ1) is 26.0. The summed E-state index contributed by atoms with van der Waals surface area (Å²) in [6.07, 6.45) is 0. The molecule has 0 aliphatic heterocycles. The van der Waals surface area contributed by atoms with Gasteiger partial charge in [0.2, 0.25) is 0 Å². The fraction of sp³-hybridized carbons (Fsp3) is 0.170. The first kappa shape index (κ1) is 31.6. The second-order valence-electron chi connectivity index (χ2n) is 17.4. The summed E-state index contributed by atoms with van der Waals surface area (Å²) in [7, 11) is 0. The standard InChI is InChI=1S/C53H43N/c1-51(2)46-29-33-15-11-10-14-32(33)27-43(46)44-28-34-20-21-37(26-35(34)30-47(44)51)54(36-16-8-7-9-17-36)38-22-23-40-42-25-24-41-39-18-12-13-19-45(39)52(3,4)49(41)50(42)53(5,6)48(40)31-38/h7-31H,1-6H3. The average molecular weight is 694 g/mol. The second kappa shape index (κ2) is 10.6. The van der Waals surface area contributed by atoms with Crippen LogP contribution < -0.4 is 4.90 Å². The lowest BCUT2D eigenvalue weighted by Gasteiger charge is -2.31. The van der Waals surface area contributed by atoms with E-state index in [0.717, 1.165) is 5.69 Å². The van der Waals surface area contributed by atoms with Crippen molar-refractivity contribution in [3.63, 3.8) is 0 Å². The number of benzene rings is 8. The molecule has 0 fully saturated rings. The van der Waals surface area contributed by atoms with Crippen molar-refractivity contribution in [2.24, 2.45) is 0 Å². The van der Waals surface area contributed by atoms with Gasteiger partial charge in [-0.2, -0.15) is 0 Å². The van der Waals surface area contributed by atoms with Crippen LogP contribution in [0, 0.1) is 0 Å². The highest BCUT2D eigenvalue weighted by Crippen LogP contribution is 2.59. The molecule has 0 radical (unpaired) electrons. The Morgan fingerprint density at radius 2 is 0.778 bits per heavy atom. The van der Waals surface area contributed by atoms with Crippen molar-refractivity contribution in [1.82, 2.24) is 0 Å². The first-order valence-electron chi connectivity index (χ1n) is 19.4. The third kappa shape index (κ3) is 4.10. The molecule has 1 nitrogen and oxygen atoms in total. The fourth-order valence-corrected chi connectivity index (χ4v) is 10.6. The van der Waals surface area contributed by atoms with Gasteiger partial charge in [0.25, 0.3) is 0 Å². The van der Waals surface area contributed by atoms with Crippen LogP contribution in [0.1, 0.15) is 74.9 Å². The summed E-state index contributed by atoms with van der Waals surface area (Å²) < 4.78 is 0. The molecule has 0 aromatic heterocycles. The van der Waals surface area contributed by atoms with Gasteiger partial charge >= 0.3 is 0 Å². The molecule has 3 aliphatic carbocycles. The molecular weight excluding hydrogens is 651 g/mol. The monoisotopic (exact) mass is 693 g/mol. The topological polar surface area (TPSA) is 3.24 Å². The largest absolute Gasteiger partial charge is 0.310 e. The Morgan fingerprint density at radius 3 is 1.48 bits per heavy atom. The van der Waals surface area contributed by atoms with E-state index in [1.54, 1.807) is 0 Å². The highest BCUT2D eigenvalue weighted by molar-refractivity contribution is 6.00. The molecule has 8 aromatic rings. The van der Waals surface area contributed by atoms with Crippen LogP contribution in [0.15, 0.2) is 152 Å². The molecule has 0 atom stereocenters. The number of fused-ring (bicyclic) bond motifs is 12. The van der Waals surface area contributed by atoms with Crippen molar-refractivity contribution in [1.29, 1.82) is 0 Å². The minimum absolute atomic E-state index is 0.0653. The van der Waals surface area contributed by atoms with Crippen LogP contribution in [0.25, 0.3) is 54.9 Å². The molecule has 0 N–H and O–H groups in total. The van der Waals surface area contributed by atoms with Crippen molar-refractivity contribution in [3.05, 3.63) is 185 Å². The molecule has 11 rings (SSSR count). The van der Waals surface area contributed by atoms with E-state index in [1.807, 2.05) is 0 Å². The maximum absolute atomic E-state index is 2.47. The van der Waals surface area contributed by atoms with E-state index in [1.165, 1.54) is 99.7 Å². The zero-order chi connectivity index (χ0) is 36.7. The van der Waals surface area contributed by atoms with Crippen molar-refractivity contribution in [2.75, 3.05) is 4.90 Å². The second-order valence-corrected chi connectivity index (χ2v) is 17.4. The van der Waals surface area contributed by atoms with E-state index in [9.17, 15) is 0 Å². The van der Waals surface area contributed by atoms with Gasteiger partial charge in [-0.25, -0.2) is 0 Å². The lowest BCUT2D eigenvalue weighted by Crippen LogP contribution is -2.24. The van der Waals surface area contributed by atoms with Gasteiger partial charge in [-0.3, -0.25) is 0 Å². The molecule has 0 bridgehead atoms. The zero-order valence-electron chi connectivity index (χ0n) is 31.9. The molecule has 0 heterocycles. The number of rotatable bonds is 3. The van der Waals surface area contributed by atoms with Gasteiger partial charge in [-0.15, -0.1) is 0 Å². The Balaban J connectivity index is 1.05. The molecule has 0 saturated carbocycles. The summed E-state index contributed by atoms with van der Waals surface area (Å²) in [4.78, 5) is 2.45. The zero-order valence-corrected chi connectivity index (χ0v) is 31.9. The molecule has 1 heteroatoms. The average Bonchev–Trinajstić information content (AvgIpc) is 3.65. The summed E-state index contributed by atoms with van der Waals surface area (Å²) >= 11 is 0. The van der Waals surface area contributed by atoms with Crippen molar-refractivity contribution >= 4 is 38.6 Å². The lowest BCUT2D eigenvalue weighted by molar-refractivity contribution is 0.601. The van der Waals surface area contributed by atoms with Crippen LogP contribution in [-0.4, -0.2) is 0 Å². The van der Waals surface area contributed by atoms with Crippen molar-refractivity contribution < 1.29 is 0 Å². The van der Waals surface area contributed by atoms with Crippen LogP contribution in [-0.2, 0) is 16.2 Å². The Kier molecular flexibility index (Phi) is 6.21. The summed E-state index contributed by atoms with van der Waals surface area (Å²) in [6.45, 7) is 14.5. The molecule has 54 heavy (non-hydrogen) atoms. The number of nitrogens with zero attached hydrogens (tertiary/aromatic N) is 1. The molecule has 3 aliphatic rings. The third-order valence-electron chi connectivity index (χ3n) is 13.3. The van der Waals surface area contributed by atoms with Gasteiger partial charge in [0.05, 0.1) is 0 Å². The molecule has 0 unspecified atom stereocenters. The van der Waals surface area contributed by atoms with Crippen LogP contribution in [0.3, 0.4) is 0 Å². The van der Waals surface area contributed by atoms with Gasteiger partial charge in [0.15, 0.2) is 0 Å². The molecule has 0 saturated heterocycles. The number of para-hydroxylation sites is 1. The minimum atomic E-state index is -0.164. The van der Waals surface area contributed by atoms with Crippen molar-refractivity contribution in [2.45, 2.75) is 57.8 Å². The van der Waals surface area contributed by atoms with E-state index >= 15 is 0 Å². The Morgan fingerprint density at radius 1 is 0.296 bits per heavy atom. The van der Waals surface area contributed by atoms with Crippen molar-refractivity contribution in [3.8, 4) is 33.4 Å². The molecular formula is C53H43N. The van der Waals surface area contributed by atoms with E-state index in [2.05, 4.69) is 198 Å². The summed E-state index contributed by atoms with van der Waals surface area (Å²) in [5.74, 6) is 0. The van der Waals surface area contributed by atoms with Crippen LogP contribution in [0.4, 0.5) is 17.1 Å². The number of hydrogen-bond acceptors (Lipinski definition) is 1. The first-order valence-corrected chi connectivity index (χ1v) is 19.4. The fourth-order valence-electron chi connectivity index (χ4n) is 10.6. The smallest absolute Gasteiger partial charge is 0.0468 e. The van der Waals surface area contributed by atoms with Crippen LogP contribution in [0.2, 0.25) is 0 Å². The van der Waals surface area contributed by atoms with E-state index in [4.69, 9.17) is 0 Å². The molecule has 0 amide bonds. The predicted molar refractivity (Wildman–Crippen MR) is 229 cm³/mol. The minimum Gasteiger partial charge on any atom is -0.310 e. The van der Waals surface area contributed by atoms with Gasteiger partial charge in [0.1, 0.15) is 0 Å². The Labute approximate surface area is 318 Å². The Bertz CT molecular complexity index is 2900. The van der Waals surface area contributed by atoms with Gasteiger partial charge in [-0.05, 0) is 149 Å². The number of anilines is 3. The predicted octanol–water partition coefficient (Wildman–Crippen LogP) is 14.4. The van der Waals surface area contributed by atoms with Crippen LogP contribution in [0.5, 0.6) is 0 Å². The highest BCUT2D eigenvalue weighted by Gasteiger charge is 2.46. The number of hydrogen-bond donors (Lipinski definition) is 0. The highest BCUT2D eigenvalue weighted by atomic mass is 15.1. The summed E-state index contributed by atoms with van der Waals surface area (Å²) in [5.41, 5.74) is 20.0. The van der Waals surface area contributed by atoms with Crippen LogP contribution >= 0.6 is 0 Å². The summed E-state index contributed by atoms with van der Waals surface area (Å²) in [5, 5.41) is 5.14. The molecule has 0 spiro atoms. The van der Waals surface area contributed by atoms with Gasteiger partial charge < -0.3 is 4.90 Å². The van der Waals surface area contributed by atoms with E-state index < -0.39 is 0 Å². The molecule has 260 valence electrons. The maximum atomic E-state index is 2.47. The maximum Gasteiger partial charge on any atom is 0.0468 e. The third-order valence-corrected chi connectivity index (χ3v) is 13.3. The quantitative estimate of drug-likeness (QED) is 0.178.